The molecule has 0 saturated heterocycles. The van der Waals surface area contributed by atoms with E-state index in [1.54, 1.807) is 12.1 Å². The van der Waals surface area contributed by atoms with Gasteiger partial charge in [-0.25, -0.2) is 0 Å². The van der Waals surface area contributed by atoms with Gasteiger partial charge in [-0.1, -0.05) is 31.5 Å². The lowest BCUT2D eigenvalue weighted by Gasteiger charge is -2.17. The Morgan fingerprint density at radius 3 is 2.46 bits per heavy atom. The first-order valence-corrected chi connectivity index (χ1v) is 4.64. The highest BCUT2D eigenvalue weighted by atomic mass is 35.5. The predicted molar refractivity (Wildman–Crippen MR) is 54.9 cm³/mol. The summed E-state index contributed by atoms with van der Waals surface area (Å²) in [4.78, 5) is 0. The average Bonchev–Trinajstić information content (AvgIpc) is 2.03. The van der Waals surface area contributed by atoms with E-state index in [9.17, 15) is 5.11 Å². The van der Waals surface area contributed by atoms with Crippen LogP contribution in [0.4, 0.5) is 0 Å². The summed E-state index contributed by atoms with van der Waals surface area (Å²) in [6.07, 6.45) is 0. The standard InChI is InChI=1S/C10H14ClNO/c1-6(2)10(12)8-4-3-7(11)5-9(8)13/h3-6,10,13H,12H2,1-2H3/t10-/m0/s1. The molecule has 0 saturated carbocycles. The minimum absolute atomic E-state index is 0.141. The van der Waals surface area contributed by atoms with Crippen LogP contribution >= 0.6 is 11.6 Å². The van der Waals surface area contributed by atoms with Crippen molar-refractivity contribution in [3.63, 3.8) is 0 Å². The second-order valence-corrected chi connectivity index (χ2v) is 3.91. The molecule has 0 unspecified atom stereocenters. The van der Waals surface area contributed by atoms with E-state index in [0.29, 0.717) is 10.9 Å². The molecule has 1 atom stereocenters. The van der Waals surface area contributed by atoms with E-state index in [4.69, 9.17) is 17.3 Å². The SMILES string of the molecule is CC(C)[C@H](N)c1ccc(Cl)cc1O. The Morgan fingerprint density at radius 2 is 2.00 bits per heavy atom. The molecule has 1 aromatic carbocycles. The third-order valence-electron chi connectivity index (χ3n) is 2.07. The second kappa shape index (κ2) is 3.99. The minimum Gasteiger partial charge on any atom is -0.508 e. The lowest BCUT2D eigenvalue weighted by Crippen LogP contribution is -2.16. The fourth-order valence-electron chi connectivity index (χ4n) is 1.16. The highest BCUT2D eigenvalue weighted by Crippen LogP contribution is 2.29. The molecule has 72 valence electrons. The van der Waals surface area contributed by atoms with Gasteiger partial charge in [-0.05, 0) is 18.1 Å². The summed E-state index contributed by atoms with van der Waals surface area (Å²) in [7, 11) is 0. The van der Waals surface area contributed by atoms with E-state index in [-0.39, 0.29) is 11.8 Å². The zero-order chi connectivity index (χ0) is 10.0. The first kappa shape index (κ1) is 10.4. The van der Waals surface area contributed by atoms with Crippen LogP contribution in [0, 0.1) is 5.92 Å². The van der Waals surface area contributed by atoms with Gasteiger partial charge < -0.3 is 10.8 Å². The van der Waals surface area contributed by atoms with E-state index >= 15 is 0 Å². The molecule has 0 radical (unpaired) electrons. The minimum atomic E-state index is -0.141. The van der Waals surface area contributed by atoms with Crippen molar-refractivity contribution in [2.24, 2.45) is 11.7 Å². The van der Waals surface area contributed by atoms with Crippen LogP contribution < -0.4 is 5.73 Å². The van der Waals surface area contributed by atoms with Gasteiger partial charge in [-0.2, -0.15) is 0 Å². The van der Waals surface area contributed by atoms with Gasteiger partial charge in [0, 0.05) is 16.6 Å². The fourth-order valence-corrected chi connectivity index (χ4v) is 1.32. The Morgan fingerprint density at radius 1 is 1.38 bits per heavy atom. The van der Waals surface area contributed by atoms with Crippen molar-refractivity contribution in [3.8, 4) is 5.75 Å². The molecule has 0 fully saturated rings. The lowest BCUT2D eigenvalue weighted by atomic mass is 9.96. The average molecular weight is 200 g/mol. The summed E-state index contributed by atoms with van der Waals surface area (Å²) in [5.41, 5.74) is 6.64. The summed E-state index contributed by atoms with van der Waals surface area (Å²) in [6.45, 7) is 4.03. The summed E-state index contributed by atoms with van der Waals surface area (Å²) in [6, 6.07) is 4.87. The van der Waals surface area contributed by atoms with Gasteiger partial charge in [-0.3, -0.25) is 0 Å². The van der Waals surface area contributed by atoms with Gasteiger partial charge in [-0.15, -0.1) is 0 Å². The smallest absolute Gasteiger partial charge is 0.121 e. The number of phenolic OH excluding ortho intramolecular Hbond substituents is 1. The van der Waals surface area contributed by atoms with Crippen molar-refractivity contribution >= 4 is 11.6 Å². The highest BCUT2D eigenvalue weighted by Gasteiger charge is 2.14. The topological polar surface area (TPSA) is 46.2 Å². The zero-order valence-corrected chi connectivity index (χ0v) is 8.55. The van der Waals surface area contributed by atoms with Crippen LogP contribution in [0.2, 0.25) is 5.02 Å². The molecule has 1 aromatic rings. The van der Waals surface area contributed by atoms with E-state index in [0.717, 1.165) is 5.56 Å². The highest BCUT2D eigenvalue weighted by molar-refractivity contribution is 6.30. The van der Waals surface area contributed by atoms with Crippen molar-refractivity contribution < 1.29 is 5.11 Å². The predicted octanol–water partition coefficient (Wildman–Crippen LogP) is 2.70. The van der Waals surface area contributed by atoms with Gasteiger partial charge >= 0.3 is 0 Å². The normalized spacial score (nSPS) is 13.3. The van der Waals surface area contributed by atoms with Crippen LogP contribution in [0.5, 0.6) is 5.75 Å². The maximum absolute atomic E-state index is 9.55. The van der Waals surface area contributed by atoms with Gasteiger partial charge in [0.1, 0.15) is 5.75 Å². The molecule has 0 aliphatic heterocycles. The van der Waals surface area contributed by atoms with Gasteiger partial charge in [0.25, 0.3) is 0 Å². The van der Waals surface area contributed by atoms with Crippen LogP contribution in [0.15, 0.2) is 18.2 Å². The number of halogens is 1. The van der Waals surface area contributed by atoms with Crippen LogP contribution in [-0.4, -0.2) is 5.11 Å². The Bertz CT molecular complexity index is 299. The fraction of sp³-hybridized carbons (Fsp3) is 0.400. The van der Waals surface area contributed by atoms with E-state index in [2.05, 4.69) is 0 Å². The number of aromatic hydroxyl groups is 1. The van der Waals surface area contributed by atoms with Crippen LogP contribution in [-0.2, 0) is 0 Å². The molecule has 0 aliphatic rings. The van der Waals surface area contributed by atoms with E-state index in [1.165, 1.54) is 6.07 Å². The molecule has 1 rings (SSSR count). The Labute approximate surface area is 83.3 Å². The molecule has 13 heavy (non-hydrogen) atoms. The monoisotopic (exact) mass is 199 g/mol. The molecule has 3 N–H and O–H groups in total. The molecule has 0 aliphatic carbocycles. The number of benzene rings is 1. The third-order valence-corrected chi connectivity index (χ3v) is 2.30. The first-order valence-electron chi connectivity index (χ1n) is 4.26. The third kappa shape index (κ3) is 2.36. The van der Waals surface area contributed by atoms with Gasteiger partial charge in [0.15, 0.2) is 0 Å². The Hall–Kier alpha value is -0.730. The molecular formula is C10H14ClNO. The number of hydrogen-bond donors (Lipinski definition) is 2. The summed E-state index contributed by atoms with van der Waals surface area (Å²) >= 11 is 5.70. The van der Waals surface area contributed by atoms with E-state index < -0.39 is 0 Å². The van der Waals surface area contributed by atoms with Crippen molar-refractivity contribution in [1.82, 2.24) is 0 Å². The molecule has 3 heteroatoms. The molecular weight excluding hydrogens is 186 g/mol. The first-order chi connectivity index (χ1) is 6.02. The zero-order valence-electron chi connectivity index (χ0n) is 7.79. The molecule has 2 nitrogen and oxygen atoms in total. The maximum atomic E-state index is 9.55. The van der Waals surface area contributed by atoms with Crippen molar-refractivity contribution in [2.45, 2.75) is 19.9 Å². The van der Waals surface area contributed by atoms with Crippen LogP contribution in [0.1, 0.15) is 25.5 Å². The lowest BCUT2D eigenvalue weighted by molar-refractivity contribution is 0.440. The van der Waals surface area contributed by atoms with Crippen molar-refractivity contribution in [2.75, 3.05) is 0 Å². The number of rotatable bonds is 2. The van der Waals surface area contributed by atoms with E-state index in [1.807, 2.05) is 13.8 Å². The molecule has 0 heterocycles. The number of hydrogen-bond acceptors (Lipinski definition) is 2. The molecule has 0 aromatic heterocycles. The molecule has 0 bridgehead atoms. The summed E-state index contributed by atoms with van der Waals surface area (Å²) < 4.78 is 0. The molecule has 0 spiro atoms. The van der Waals surface area contributed by atoms with Gasteiger partial charge in [0.2, 0.25) is 0 Å². The summed E-state index contributed by atoms with van der Waals surface area (Å²) in [5, 5.41) is 10.1. The van der Waals surface area contributed by atoms with Crippen molar-refractivity contribution in [3.05, 3.63) is 28.8 Å². The second-order valence-electron chi connectivity index (χ2n) is 3.47. The quantitative estimate of drug-likeness (QED) is 0.770. The van der Waals surface area contributed by atoms with Crippen LogP contribution in [0.3, 0.4) is 0 Å². The van der Waals surface area contributed by atoms with Crippen molar-refractivity contribution in [1.29, 1.82) is 0 Å². The maximum Gasteiger partial charge on any atom is 0.121 e. The largest absolute Gasteiger partial charge is 0.508 e. The van der Waals surface area contributed by atoms with Crippen LogP contribution in [0.25, 0.3) is 0 Å². The number of phenols is 1. The summed E-state index contributed by atoms with van der Waals surface area (Å²) in [5.74, 6) is 0.473. The molecule has 0 amide bonds. The Kier molecular flexibility index (Phi) is 3.17. The Balaban J connectivity index is 3.01. The van der Waals surface area contributed by atoms with Gasteiger partial charge in [0.05, 0.1) is 0 Å². The number of nitrogens with two attached hydrogens (primary N) is 1.